The van der Waals surface area contributed by atoms with Crippen LogP contribution in [-0.4, -0.2) is 21.6 Å². The Balaban J connectivity index is 1.96. The highest BCUT2D eigenvalue weighted by atomic mass is 16.2. The van der Waals surface area contributed by atoms with Crippen LogP contribution in [0.2, 0.25) is 0 Å². The third-order valence-corrected chi connectivity index (χ3v) is 3.45. The SMILES string of the molecule is CCC(=O)Nc1ccc(C)c(NC(=O)CCn2cc(C)cn2)c1. The summed E-state index contributed by atoms with van der Waals surface area (Å²) < 4.78 is 1.75. The largest absolute Gasteiger partial charge is 0.326 e. The van der Waals surface area contributed by atoms with E-state index in [0.29, 0.717) is 30.8 Å². The average molecular weight is 314 g/mol. The van der Waals surface area contributed by atoms with Gasteiger partial charge in [-0.05, 0) is 37.1 Å². The predicted molar refractivity (Wildman–Crippen MR) is 90.3 cm³/mol. The van der Waals surface area contributed by atoms with Crippen molar-refractivity contribution in [1.82, 2.24) is 9.78 Å². The fourth-order valence-corrected chi connectivity index (χ4v) is 2.10. The molecule has 0 saturated carbocycles. The van der Waals surface area contributed by atoms with E-state index < -0.39 is 0 Å². The lowest BCUT2D eigenvalue weighted by atomic mass is 10.1. The van der Waals surface area contributed by atoms with Crippen molar-refractivity contribution in [2.24, 2.45) is 0 Å². The molecule has 122 valence electrons. The summed E-state index contributed by atoms with van der Waals surface area (Å²) in [7, 11) is 0. The number of anilines is 2. The number of aromatic nitrogens is 2. The van der Waals surface area contributed by atoms with Crippen LogP contribution in [0.1, 0.15) is 30.9 Å². The van der Waals surface area contributed by atoms with Crippen LogP contribution in [0.15, 0.2) is 30.6 Å². The summed E-state index contributed by atoms with van der Waals surface area (Å²) in [4.78, 5) is 23.5. The van der Waals surface area contributed by atoms with Gasteiger partial charge in [-0.1, -0.05) is 13.0 Å². The number of rotatable bonds is 6. The van der Waals surface area contributed by atoms with Crippen molar-refractivity contribution in [3.8, 4) is 0 Å². The Morgan fingerprint density at radius 2 is 1.96 bits per heavy atom. The first kappa shape index (κ1) is 16.7. The maximum atomic E-state index is 12.1. The van der Waals surface area contributed by atoms with Crippen LogP contribution >= 0.6 is 0 Å². The third-order valence-electron chi connectivity index (χ3n) is 3.45. The van der Waals surface area contributed by atoms with E-state index in [0.717, 1.165) is 11.1 Å². The second-order valence-corrected chi connectivity index (χ2v) is 5.51. The standard InChI is InChI=1S/C17H22N4O2/c1-4-16(22)19-14-6-5-13(3)15(9-14)20-17(23)7-8-21-11-12(2)10-18-21/h5-6,9-11H,4,7-8H2,1-3H3,(H,19,22)(H,20,23). The zero-order valence-corrected chi connectivity index (χ0v) is 13.7. The van der Waals surface area contributed by atoms with Crippen molar-refractivity contribution >= 4 is 23.2 Å². The first-order valence-corrected chi connectivity index (χ1v) is 7.67. The van der Waals surface area contributed by atoms with Crippen molar-refractivity contribution in [3.63, 3.8) is 0 Å². The molecule has 2 rings (SSSR count). The molecule has 0 atom stereocenters. The summed E-state index contributed by atoms with van der Waals surface area (Å²) in [6, 6.07) is 5.47. The van der Waals surface area contributed by atoms with Crippen LogP contribution in [0.25, 0.3) is 0 Å². The summed E-state index contributed by atoms with van der Waals surface area (Å²) >= 11 is 0. The highest BCUT2D eigenvalue weighted by Crippen LogP contribution is 2.20. The molecule has 0 bridgehead atoms. The van der Waals surface area contributed by atoms with Gasteiger partial charge in [0.25, 0.3) is 0 Å². The fourth-order valence-electron chi connectivity index (χ4n) is 2.10. The lowest BCUT2D eigenvalue weighted by Crippen LogP contribution is -2.16. The molecule has 0 aliphatic carbocycles. The van der Waals surface area contributed by atoms with Gasteiger partial charge in [0, 0.05) is 37.0 Å². The summed E-state index contributed by atoms with van der Waals surface area (Å²) in [5, 5.41) is 9.83. The lowest BCUT2D eigenvalue weighted by molar-refractivity contribution is -0.117. The Morgan fingerprint density at radius 3 is 2.61 bits per heavy atom. The van der Waals surface area contributed by atoms with Crippen molar-refractivity contribution in [2.45, 2.75) is 40.2 Å². The Hall–Kier alpha value is -2.63. The van der Waals surface area contributed by atoms with Gasteiger partial charge in [-0.3, -0.25) is 14.3 Å². The van der Waals surface area contributed by atoms with Crippen LogP contribution in [0.4, 0.5) is 11.4 Å². The molecule has 0 unspecified atom stereocenters. The second kappa shape index (κ2) is 7.58. The Bertz CT molecular complexity index is 706. The smallest absolute Gasteiger partial charge is 0.226 e. The van der Waals surface area contributed by atoms with E-state index in [1.807, 2.05) is 32.2 Å². The molecule has 0 aliphatic heterocycles. The molecule has 6 heteroatoms. The molecule has 0 saturated heterocycles. The van der Waals surface area contributed by atoms with E-state index in [4.69, 9.17) is 0 Å². The van der Waals surface area contributed by atoms with E-state index in [1.165, 1.54) is 0 Å². The average Bonchev–Trinajstić information content (AvgIpc) is 2.94. The zero-order chi connectivity index (χ0) is 16.8. The van der Waals surface area contributed by atoms with Crippen LogP contribution < -0.4 is 10.6 Å². The van der Waals surface area contributed by atoms with Crippen LogP contribution in [0.3, 0.4) is 0 Å². The van der Waals surface area contributed by atoms with Gasteiger partial charge in [-0.15, -0.1) is 0 Å². The van der Waals surface area contributed by atoms with Gasteiger partial charge in [0.05, 0.1) is 6.20 Å². The van der Waals surface area contributed by atoms with Gasteiger partial charge in [-0.2, -0.15) is 5.10 Å². The molecule has 23 heavy (non-hydrogen) atoms. The molecule has 2 amide bonds. The molecule has 2 aromatic rings. The van der Waals surface area contributed by atoms with Crippen LogP contribution in [0, 0.1) is 13.8 Å². The zero-order valence-electron chi connectivity index (χ0n) is 13.7. The molecule has 2 N–H and O–H groups in total. The van der Waals surface area contributed by atoms with Crippen LogP contribution in [-0.2, 0) is 16.1 Å². The Kier molecular flexibility index (Phi) is 5.51. The molecular formula is C17H22N4O2. The number of benzene rings is 1. The van der Waals surface area contributed by atoms with E-state index >= 15 is 0 Å². The monoisotopic (exact) mass is 314 g/mol. The minimum atomic E-state index is -0.0831. The van der Waals surface area contributed by atoms with Gasteiger partial charge >= 0.3 is 0 Å². The maximum absolute atomic E-state index is 12.1. The van der Waals surface area contributed by atoms with Gasteiger partial charge in [0.15, 0.2) is 0 Å². The van der Waals surface area contributed by atoms with Gasteiger partial charge in [0.1, 0.15) is 0 Å². The van der Waals surface area contributed by atoms with Gasteiger partial charge < -0.3 is 10.6 Å². The second-order valence-electron chi connectivity index (χ2n) is 5.51. The summed E-state index contributed by atoms with van der Waals surface area (Å²) in [6.45, 7) is 6.20. The quantitative estimate of drug-likeness (QED) is 0.861. The minimum Gasteiger partial charge on any atom is -0.326 e. The molecule has 0 fully saturated rings. The molecule has 1 aromatic carbocycles. The first-order valence-electron chi connectivity index (χ1n) is 7.67. The fraction of sp³-hybridized carbons (Fsp3) is 0.353. The van der Waals surface area contributed by atoms with E-state index in [1.54, 1.807) is 23.9 Å². The van der Waals surface area contributed by atoms with Crippen molar-refractivity contribution in [3.05, 3.63) is 41.7 Å². The molecule has 0 spiro atoms. The van der Waals surface area contributed by atoms with E-state index in [2.05, 4.69) is 15.7 Å². The number of hydrogen-bond donors (Lipinski definition) is 2. The maximum Gasteiger partial charge on any atom is 0.226 e. The third kappa shape index (κ3) is 4.95. The van der Waals surface area contributed by atoms with Gasteiger partial charge in [0.2, 0.25) is 11.8 Å². The van der Waals surface area contributed by atoms with Gasteiger partial charge in [-0.25, -0.2) is 0 Å². The number of nitrogens with one attached hydrogen (secondary N) is 2. The molecule has 6 nitrogen and oxygen atoms in total. The predicted octanol–water partition coefficient (Wildman–Crippen LogP) is 2.88. The molecule has 1 aromatic heterocycles. The number of nitrogens with zero attached hydrogens (tertiary/aromatic N) is 2. The van der Waals surface area contributed by atoms with Crippen molar-refractivity contribution < 1.29 is 9.59 Å². The highest BCUT2D eigenvalue weighted by Gasteiger charge is 2.08. The highest BCUT2D eigenvalue weighted by molar-refractivity contribution is 5.94. The number of carbonyl (C=O) groups is 2. The van der Waals surface area contributed by atoms with Crippen LogP contribution in [0.5, 0.6) is 0 Å². The molecule has 1 heterocycles. The lowest BCUT2D eigenvalue weighted by Gasteiger charge is -2.11. The minimum absolute atomic E-state index is 0.0554. The number of hydrogen-bond acceptors (Lipinski definition) is 3. The molecule has 0 radical (unpaired) electrons. The number of carbonyl (C=O) groups excluding carboxylic acids is 2. The number of aryl methyl sites for hydroxylation is 3. The topological polar surface area (TPSA) is 76.0 Å². The number of amides is 2. The Labute approximate surface area is 135 Å². The normalized spacial score (nSPS) is 10.4. The van der Waals surface area contributed by atoms with E-state index in [-0.39, 0.29) is 11.8 Å². The summed E-state index contributed by atoms with van der Waals surface area (Å²) in [6.07, 6.45) is 4.42. The Morgan fingerprint density at radius 1 is 1.17 bits per heavy atom. The molecular weight excluding hydrogens is 292 g/mol. The summed E-state index contributed by atoms with van der Waals surface area (Å²) in [5.74, 6) is -0.139. The van der Waals surface area contributed by atoms with Crippen molar-refractivity contribution in [2.75, 3.05) is 10.6 Å². The summed E-state index contributed by atoms with van der Waals surface area (Å²) in [5.41, 5.74) is 3.41. The van der Waals surface area contributed by atoms with Crippen molar-refractivity contribution in [1.29, 1.82) is 0 Å². The first-order chi connectivity index (χ1) is 11.0. The molecule has 0 aliphatic rings. The van der Waals surface area contributed by atoms with E-state index in [9.17, 15) is 9.59 Å².